The smallest absolute Gasteiger partial charge is 0.136 e. The zero-order valence-electron chi connectivity index (χ0n) is 22.7. The summed E-state index contributed by atoms with van der Waals surface area (Å²) in [5.41, 5.74) is 9.35. The maximum Gasteiger partial charge on any atom is 0.136 e. The van der Waals surface area contributed by atoms with E-state index in [4.69, 9.17) is 4.42 Å². The van der Waals surface area contributed by atoms with E-state index >= 15 is 0 Å². The number of benzene rings is 7. The molecule has 9 aromatic rings. The van der Waals surface area contributed by atoms with Gasteiger partial charge in [0.1, 0.15) is 11.2 Å². The summed E-state index contributed by atoms with van der Waals surface area (Å²) in [7, 11) is 0. The molecule has 0 atom stereocenters. The molecule has 0 unspecified atom stereocenters. The van der Waals surface area contributed by atoms with Crippen LogP contribution in [0.1, 0.15) is 0 Å². The SMILES string of the molecule is c1ccc(-c2c3ccccc3c(-c3c4scc(-c5ccccc5)c4cc4oc5ccccc5c34)c3ccccc23)cc1. The average Bonchev–Trinajstić information content (AvgIpc) is 3.65. The van der Waals surface area contributed by atoms with E-state index in [1.54, 1.807) is 0 Å². The second kappa shape index (κ2) is 9.17. The molecule has 0 fully saturated rings. The van der Waals surface area contributed by atoms with Crippen molar-refractivity contribution in [2.45, 2.75) is 0 Å². The Hall–Kier alpha value is -5.18. The number of thiophene rings is 1. The van der Waals surface area contributed by atoms with Crippen molar-refractivity contribution < 1.29 is 4.42 Å². The third kappa shape index (κ3) is 3.36. The number of hydrogen-bond acceptors (Lipinski definition) is 2. The van der Waals surface area contributed by atoms with Crippen LogP contribution in [0.3, 0.4) is 0 Å². The largest absolute Gasteiger partial charge is 0.456 e. The summed E-state index contributed by atoms with van der Waals surface area (Å²) < 4.78 is 7.89. The van der Waals surface area contributed by atoms with Gasteiger partial charge >= 0.3 is 0 Å². The molecule has 2 heterocycles. The molecule has 9 rings (SSSR count). The molecule has 7 aromatic carbocycles. The van der Waals surface area contributed by atoms with Gasteiger partial charge in [0.25, 0.3) is 0 Å². The topological polar surface area (TPSA) is 13.1 Å². The summed E-state index contributed by atoms with van der Waals surface area (Å²) in [6, 6.07) is 50.0. The molecule has 0 radical (unpaired) electrons. The minimum Gasteiger partial charge on any atom is -0.456 e. The second-order valence-electron chi connectivity index (χ2n) is 10.8. The van der Waals surface area contributed by atoms with Crippen LogP contribution >= 0.6 is 11.3 Å². The molecule has 0 spiro atoms. The van der Waals surface area contributed by atoms with Crippen LogP contribution < -0.4 is 0 Å². The summed E-state index contributed by atoms with van der Waals surface area (Å²) in [6.07, 6.45) is 0. The zero-order valence-corrected chi connectivity index (χ0v) is 23.5. The molecular weight excluding hydrogens is 529 g/mol. The first-order valence-corrected chi connectivity index (χ1v) is 15.1. The standard InChI is InChI=1S/C40H24OS/c1-3-13-25(14-4-1)33-24-42-40-32(33)23-35-38(31-21-11-12-22-34(31)41-35)39(40)37-29-19-9-7-17-27(29)36(26-15-5-2-6-16-26)28-18-8-10-20-30(28)37/h1-24H. The number of fused-ring (bicyclic) bond motifs is 6. The van der Waals surface area contributed by atoms with Gasteiger partial charge in [-0.3, -0.25) is 0 Å². The lowest BCUT2D eigenvalue weighted by Gasteiger charge is -2.19. The summed E-state index contributed by atoms with van der Waals surface area (Å²) in [5, 5.41) is 10.9. The molecule has 0 N–H and O–H groups in total. The number of para-hydroxylation sites is 1. The highest BCUT2D eigenvalue weighted by Gasteiger charge is 2.24. The van der Waals surface area contributed by atoms with E-state index in [1.807, 2.05) is 11.3 Å². The zero-order chi connectivity index (χ0) is 27.6. The Kier molecular flexibility index (Phi) is 5.13. The average molecular weight is 553 g/mol. The van der Waals surface area contributed by atoms with Crippen LogP contribution in [0.4, 0.5) is 0 Å². The van der Waals surface area contributed by atoms with Crippen LogP contribution in [-0.4, -0.2) is 0 Å². The first-order chi connectivity index (χ1) is 20.9. The predicted molar refractivity (Wildman–Crippen MR) is 180 cm³/mol. The molecule has 0 aliphatic carbocycles. The molecule has 0 saturated carbocycles. The Balaban J connectivity index is 1.53. The highest BCUT2D eigenvalue weighted by Crippen LogP contribution is 2.51. The molecule has 0 aliphatic rings. The molecule has 0 saturated heterocycles. The van der Waals surface area contributed by atoms with Gasteiger partial charge in [0.05, 0.1) is 0 Å². The van der Waals surface area contributed by atoms with Crippen LogP contribution in [0.5, 0.6) is 0 Å². The lowest BCUT2D eigenvalue weighted by molar-refractivity contribution is 0.669. The minimum absolute atomic E-state index is 0.919. The molecular formula is C40H24OS. The number of hydrogen-bond donors (Lipinski definition) is 0. The van der Waals surface area contributed by atoms with Gasteiger partial charge in [0, 0.05) is 32.0 Å². The Morgan fingerprint density at radius 2 is 0.929 bits per heavy atom. The highest BCUT2D eigenvalue weighted by atomic mass is 32.1. The van der Waals surface area contributed by atoms with Gasteiger partial charge in [-0.05, 0) is 61.3 Å². The molecule has 0 amide bonds. The van der Waals surface area contributed by atoms with Crippen LogP contribution in [0.15, 0.2) is 149 Å². The fourth-order valence-corrected chi connectivity index (χ4v) is 7.88. The van der Waals surface area contributed by atoms with Crippen LogP contribution in [0.2, 0.25) is 0 Å². The van der Waals surface area contributed by atoms with E-state index in [9.17, 15) is 0 Å². The van der Waals surface area contributed by atoms with Gasteiger partial charge in [-0.2, -0.15) is 0 Å². The third-order valence-electron chi connectivity index (χ3n) is 8.53. The van der Waals surface area contributed by atoms with Crippen molar-refractivity contribution in [2.24, 2.45) is 0 Å². The van der Waals surface area contributed by atoms with E-state index in [-0.39, 0.29) is 0 Å². The van der Waals surface area contributed by atoms with E-state index in [0.717, 1.165) is 16.6 Å². The molecule has 0 bridgehead atoms. The van der Waals surface area contributed by atoms with Crippen molar-refractivity contribution in [3.63, 3.8) is 0 Å². The highest BCUT2D eigenvalue weighted by molar-refractivity contribution is 7.18. The summed E-state index contributed by atoms with van der Waals surface area (Å²) in [5.74, 6) is 0. The monoisotopic (exact) mass is 552 g/mol. The van der Waals surface area contributed by atoms with Gasteiger partial charge < -0.3 is 4.42 Å². The molecule has 2 aromatic heterocycles. The normalized spacial score (nSPS) is 11.8. The van der Waals surface area contributed by atoms with E-state index in [2.05, 4.69) is 145 Å². The van der Waals surface area contributed by atoms with Crippen LogP contribution in [0.25, 0.3) is 87.0 Å². The van der Waals surface area contributed by atoms with Crippen molar-refractivity contribution in [1.82, 2.24) is 0 Å². The molecule has 2 heteroatoms. The van der Waals surface area contributed by atoms with Crippen molar-refractivity contribution >= 4 is 64.9 Å². The third-order valence-corrected chi connectivity index (χ3v) is 9.55. The van der Waals surface area contributed by atoms with Crippen LogP contribution in [0, 0.1) is 0 Å². The van der Waals surface area contributed by atoms with E-state index in [1.165, 1.54) is 70.4 Å². The maximum absolute atomic E-state index is 6.60. The van der Waals surface area contributed by atoms with Crippen molar-refractivity contribution in [2.75, 3.05) is 0 Å². The minimum atomic E-state index is 0.919. The van der Waals surface area contributed by atoms with Gasteiger partial charge in [-0.25, -0.2) is 0 Å². The van der Waals surface area contributed by atoms with E-state index in [0.29, 0.717) is 0 Å². The summed E-state index contributed by atoms with van der Waals surface area (Å²) >= 11 is 1.83. The Morgan fingerprint density at radius 1 is 0.405 bits per heavy atom. The fraction of sp³-hybridized carbons (Fsp3) is 0. The van der Waals surface area contributed by atoms with Gasteiger partial charge in [-0.1, -0.05) is 127 Å². The number of furan rings is 1. The molecule has 196 valence electrons. The van der Waals surface area contributed by atoms with Crippen molar-refractivity contribution in [3.8, 4) is 33.4 Å². The Bertz CT molecular complexity index is 2390. The number of rotatable bonds is 3. The van der Waals surface area contributed by atoms with Gasteiger partial charge in [0.2, 0.25) is 0 Å². The van der Waals surface area contributed by atoms with Gasteiger partial charge in [-0.15, -0.1) is 11.3 Å². The first kappa shape index (κ1) is 23.5. The maximum atomic E-state index is 6.60. The molecule has 1 nitrogen and oxygen atoms in total. The summed E-state index contributed by atoms with van der Waals surface area (Å²) in [6.45, 7) is 0. The fourth-order valence-electron chi connectivity index (χ4n) is 6.77. The Labute approximate surface area is 246 Å². The van der Waals surface area contributed by atoms with Gasteiger partial charge in [0.15, 0.2) is 0 Å². The molecule has 42 heavy (non-hydrogen) atoms. The first-order valence-electron chi connectivity index (χ1n) is 14.3. The van der Waals surface area contributed by atoms with E-state index < -0.39 is 0 Å². The van der Waals surface area contributed by atoms with Crippen LogP contribution in [-0.2, 0) is 0 Å². The predicted octanol–water partition coefficient (Wildman–Crippen LogP) is 12.1. The molecule has 0 aliphatic heterocycles. The van der Waals surface area contributed by atoms with Crippen molar-refractivity contribution in [3.05, 3.63) is 145 Å². The van der Waals surface area contributed by atoms with Crippen molar-refractivity contribution in [1.29, 1.82) is 0 Å². The lowest BCUT2D eigenvalue weighted by Crippen LogP contribution is -1.91. The lowest BCUT2D eigenvalue weighted by atomic mass is 9.84. The summed E-state index contributed by atoms with van der Waals surface area (Å²) in [4.78, 5) is 0. The second-order valence-corrected chi connectivity index (χ2v) is 11.7. The Morgan fingerprint density at radius 3 is 1.57 bits per heavy atom. The quantitative estimate of drug-likeness (QED) is 0.199.